The Balaban J connectivity index is 1.58. The first-order valence-electron chi connectivity index (χ1n) is 8.87. The Morgan fingerprint density at radius 2 is 1.74 bits per heavy atom. The van der Waals surface area contributed by atoms with Gasteiger partial charge in [-0.1, -0.05) is 42.0 Å². The van der Waals surface area contributed by atoms with Gasteiger partial charge in [-0.2, -0.15) is 0 Å². The summed E-state index contributed by atoms with van der Waals surface area (Å²) in [6, 6.07) is 18.7. The highest BCUT2D eigenvalue weighted by molar-refractivity contribution is 6.03. The molecule has 2 aromatic carbocycles. The molecule has 0 atom stereocenters. The third kappa shape index (κ3) is 5.31. The standard InChI is InChI=1S/C22H22N2O3/c1-16-8-10-17(11-9-16)12-13-21(25)24-20-7-3-2-6-19(20)22(26)23-15-18-5-4-14-27-18/h2-11,14H,12-13,15H2,1H3,(H,23,26)(H,24,25). The topological polar surface area (TPSA) is 71.3 Å². The summed E-state index contributed by atoms with van der Waals surface area (Å²) in [5.41, 5.74) is 3.23. The van der Waals surface area contributed by atoms with Crippen molar-refractivity contribution in [1.82, 2.24) is 5.32 Å². The summed E-state index contributed by atoms with van der Waals surface area (Å²) in [6.07, 6.45) is 2.56. The lowest BCUT2D eigenvalue weighted by atomic mass is 10.1. The lowest BCUT2D eigenvalue weighted by molar-refractivity contribution is -0.116. The molecule has 5 heteroatoms. The number of amides is 2. The second kappa shape index (κ2) is 8.85. The van der Waals surface area contributed by atoms with Crippen molar-refractivity contribution in [3.8, 4) is 0 Å². The molecule has 1 heterocycles. The fourth-order valence-corrected chi connectivity index (χ4v) is 2.69. The maximum absolute atomic E-state index is 12.4. The average Bonchev–Trinajstić information content (AvgIpc) is 3.20. The highest BCUT2D eigenvalue weighted by Crippen LogP contribution is 2.16. The first-order valence-corrected chi connectivity index (χ1v) is 8.87. The molecule has 0 aliphatic carbocycles. The van der Waals surface area contributed by atoms with Gasteiger partial charge in [0.2, 0.25) is 5.91 Å². The van der Waals surface area contributed by atoms with Gasteiger partial charge >= 0.3 is 0 Å². The van der Waals surface area contributed by atoms with Crippen LogP contribution in [0.1, 0.15) is 33.7 Å². The second-order valence-corrected chi connectivity index (χ2v) is 6.34. The zero-order chi connectivity index (χ0) is 19.1. The van der Waals surface area contributed by atoms with E-state index in [1.165, 1.54) is 5.56 Å². The van der Waals surface area contributed by atoms with Crippen molar-refractivity contribution in [2.45, 2.75) is 26.3 Å². The number of benzene rings is 2. The van der Waals surface area contributed by atoms with Crippen LogP contribution in [-0.2, 0) is 17.8 Å². The van der Waals surface area contributed by atoms with Gasteiger partial charge in [0.1, 0.15) is 5.76 Å². The summed E-state index contributed by atoms with van der Waals surface area (Å²) in [5, 5.41) is 5.64. The Morgan fingerprint density at radius 1 is 0.963 bits per heavy atom. The summed E-state index contributed by atoms with van der Waals surface area (Å²) in [5.74, 6) is 0.283. The summed E-state index contributed by atoms with van der Waals surface area (Å²) in [6.45, 7) is 2.33. The fourth-order valence-electron chi connectivity index (χ4n) is 2.69. The van der Waals surface area contributed by atoms with Crippen LogP contribution in [0.4, 0.5) is 5.69 Å². The molecule has 0 radical (unpaired) electrons. The van der Waals surface area contributed by atoms with Crippen LogP contribution >= 0.6 is 0 Å². The molecule has 0 saturated carbocycles. The first-order chi connectivity index (χ1) is 13.1. The number of carbonyl (C=O) groups excluding carboxylic acids is 2. The molecule has 138 valence electrons. The minimum Gasteiger partial charge on any atom is -0.467 e. The fraction of sp³-hybridized carbons (Fsp3) is 0.182. The van der Waals surface area contributed by atoms with Crippen LogP contribution in [0.2, 0.25) is 0 Å². The van der Waals surface area contributed by atoms with E-state index in [0.29, 0.717) is 36.4 Å². The molecular formula is C22H22N2O3. The zero-order valence-corrected chi connectivity index (χ0v) is 15.2. The highest BCUT2D eigenvalue weighted by Gasteiger charge is 2.13. The van der Waals surface area contributed by atoms with Crippen molar-refractivity contribution in [2.75, 3.05) is 5.32 Å². The molecule has 2 N–H and O–H groups in total. The van der Waals surface area contributed by atoms with Gasteiger partial charge in [0, 0.05) is 6.42 Å². The van der Waals surface area contributed by atoms with E-state index in [1.54, 1.807) is 42.7 Å². The first kappa shape index (κ1) is 18.5. The molecule has 3 rings (SSSR count). The van der Waals surface area contributed by atoms with E-state index in [4.69, 9.17) is 4.42 Å². The van der Waals surface area contributed by atoms with Crippen LogP contribution in [0.15, 0.2) is 71.3 Å². The van der Waals surface area contributed by atoms with E-state index < -0.39 is 0 Å². The molecule has 5 nitrogen and oxygen atoms in total. The number of carbonyl (C=O) groups is 2. The zero-order valence-electron chi connectivity index (χ0n) is 15.2. The van der Waals surface area contributed by atoms with Crippen LogP contribution < -0.4 is 10.6 Å². The van der Waals surface area contributed by atoms with Crippen molar-refractivity contribution in [3.63, 3.8) is 0 Å². The van der Waals surface area contributed by atoms with E-state index in [0.717, 1.165) is 5.56 Å². The van der Waals surface area contributed by atoms with Crippen molar-refractivity contribution in [2.24, 2.45) is 0 Å². The van der Waals surface area contributed by atoms with Gasteiger partial charge in [-0.3, -0.25) is 9.59 Å². The molecule has 0 spiro atoms. The summed E-state index contributed by atoms with van der Waals surface area (Å²) in [7, 11) is 0. The second-order valence-electron chi connectivity index (χ2n) is 6.34. The number of furan rings is 1. The monoisotopic (exact) mass is 362 g/mol. The number of hydrogen-bond acceptors (Lipinski definition) is 3. The number of aryl methyl sites for hydroxylation is 2. The van der Waals surface area contributed by atoms with E-state index in [1.807, 2.05) is 31.2 Å². The van der Waals surface area contributed by atoms with E-state index in [-0.39, 0.29) is 11.8 Å². The molecule has 3 aromatic rings. The Morgan fingerprint density at radius 3 is 2.48 bits per heavy atom. The van der Waals surface area contributed by atoms with Gasteiger partial charge in [0.05, 0.1) is 24.1 Å². The van der Waals surface area contributed by atoms with E-state index in [2.05, 4.69) is 10.6 Å². The molecule has 0 fully saturated rings. The Kier molecular flexibility index (Phi) is 6.05. The number of nitrogens with one attached hydrogen (secondary N) is 2. The molecule has 1 aromatic heterocycles. The number of para-hydroxylation sites is 1. The van der Waals surface area contributed by atoms with Gasteiger partial charge in [0.25, 0.3) is 5.91 Å². The third-order valence-electron chi connectivity index (χ3n) is 4.21. The molecular weight excluding hydrogens is 340 g/mol. The summed E-state index contributed by atoms with van der Waals surface area (Å²) >= 11 is 0. The number of anilines is 1. The van der Waals surface area contributed by atoms with Gasteiger partial charge in [0.15, 0.2) is 0 Å². The van der Waals surface area contributed by atoms with Crippen LogP contribution in [0.5, 0.6) is 0 Å². The molecule has 0 saturated heterocycles. The van der Waals surface area contributed by atoms with Gasteiger partial charge < -0.3 is 15.1 Å². The Labute approximate surface area is 158 Å². The Hall–Kier alpha value is -3.34. The third-order valence-corrected chi connectivity index (χ3v) is 4.21. The largest absolute Gasteiger partial charge is 0.467 e. The van der Waals surface area contributed by atoms with E-state index in [9.17, 15) is 9.59 Å². The maximum Gasteiger partial charge on any atom is 0.253 e. The molecule has 0 unspecified atom stereocenters. The molecule has 0 aliphatic rings. The van der Waals surface area contributed by atoms with Crippen molar-refractivity contribution < 1.29 is 14.0 Å². The van der Waals surface area contributed by atoms with Crippen LogP contribution in [-0.4, -0.2) is 11.8 Å². The number of hydrogen-bond donors (Lipinski definition) is 2. The highest BCUT2D eigenvalue weighted by atomic mass is 16.3. The quantitative estimate of drug-likeness (QED) is 0.665. The lowest BCUT2D eigenvalue weighted by Crippen LogP contribution is -2.24. The molecule has 27 heavy (non-hydrogen) atoms. The summed E-state index contributed by atoms with van der Waals surface area (Å²) < 4.78 is 5.21. The molecule has 2 amide bonds. The molecule has 0 bridgehead atoms. The van der Waals surface area contributed by atoms with Gasteiger partial charge in [-0.25, -0.2) is 0 Å². The predicted molar refractivity (Wildman–Crippen MR) is 104 cm³/mol. The van der Waals surface area contributed by atoms with Crippen LogP contribution in [0, 0.1) is 6.92 Å². The average molecular weight is 362 g/mol. The van der Waals surface area contributed by atoms with Gasteiger partial charge in [-0.05, 0) is 43.2 Å². The van der Waals surface area contributed by atoms with E-state index >= 15 is 0 Å². The van der Waals surface area contributed by atoms with Crippen molar-refractivity contribution in [1.29, 1.82) is 0 Å². The Bertz CT molecular complexity index is 900. The lowest BCUT2D eigenvalue weighted by Gasteiger charge is -2.11. The van der Waals surface area contributed by atoms with Gasteiger partial charge in [-0.15, -0.1) is 0 Å². The van der Waals surface area contributed by atoms with Crippen molar-refractivity contribution >= 4 is 17.5 Å². The predicted octanol–water partition coefficient (Wildman–Crippen LogP) is 4.09. The normalized spacial score (nSPS) is 10.4. The minimum absolute atomic E-state index is 0.123. The number of rotatable bonds is 7. The summed E-state index contributed by atoms with van der Waals surface area (Å²) in [4.78, 5) is 24.8. The maximum atomic E-state index is 12.4. The minimum atomic E-state index is -0.263. The van der Waals surface area contributed by atoms with Crippen LogP contribution in [0.3, 0.4) is 0 Å². The van der Waals surface area contributed by atoms with Crippen molar-refractivity contribution in [3.05, 3.63) is 89.4 Å². The SMILES string of the molecule is Cc1ccc(CCC(=O)Nc2ccccc2C(=O)NCc2ccco2)cc1. The molecule has 0 aliphatic heterocycles. The van der Waals surface area contributed by atoms with Crippen LogP contribution in [0.25, 0.3) is 0 Å². The smallest absolute Gasteiger partial charge is 0.253 e.